The van der Waals surface area contributed by atoms with Crippen LogP contribution in [0.5, 0.6) is 11.5 Å². The molecule has 2 aromatic rings. The first-order chi connectivity index (χ1) is 13.6. The summed E-state index contributed by atoms with van der Waals surface area (Å²) in [7, 11) is -2.60. The molecule has 0 radical (unpaired) electrons. The molecule has 0 spiro atoms. The molecule has 0 unspecified atom stereocenters. The fourth-order valence-electron chi connectivity index (χ4n) is 2.67. The van der Waals surface area contributed by atoms with Crippen LogP contribution < -0.4 is 14.8 Å². The van der Waals surface area contributed by atoms with E-state index in [1.165, 1.54) is 32.2 Å². The van der Waals surface area contributed by atoms with Crippen LogP contribution in [0.3, 0.4) is 0 Å². The first kappa shape index (κ1) is 22.6. The third kappa shape index (κ3) is 6.15. The molecule has 29 heavy (non-hydrogen) atoms. The summed E-state index contributed by atoms with van der Waals surface area (Å²) in [4.78, 5) is 12.4. The van der Waals surface area contributed by atoms with E-state index in [4.69, 9.17) is 4.74 Å². The highest BCUT2D eigenvalue weighted by atomic mass is 32.2. The molecule has 0 aliphatic rings. The van der Waals surface area contributed by atoms with E-state index in [1.54, 1.807) is 6.92 Å². The summed E-state index contributed by atoms with van der Waals surface area (Å²) >= 11 is 0. The van der Waals surface area contributed by atoms with Gasteiger partial charge in [0.05, 0.1) is 18.9 Å². The number of rotatable bonds is 9. The Hall–Kier alpha value is -2.68. The Kier molecular flexibility index (Phi) is 7.55. The first-order valence-electron chi connectivity index (χ1n) is 8.82. The van der Waals surface area contributed by atoms with Gasteiger partial charge >= 0.3 is 6.61 Å². The van der Waals surface area contributed by atoms with Gasteiger partial charge in [0.2, 0.25) is 5.91 Å². The molecule has 2 aromatic carbocycles. The van der Waals surface area contributed by atoms with E-state index < -0.39 is 33.4 Å². The molecule has 0 heterocycles. The third-order valence-electron chi connectivity index (χ3n) is 4.38. The number of amides is 1. The Bertz CT molecular complexity index is 935. The van der Waals surface area contributed by atoms with Gasteiger partial charge in [0.25, 0.3) is 0 Å². The second-order valence-electron chi connectivity index (χ2n) is 6.45. The molecule has 0 aromatic heterocycles. The zero-order valence-electron chi connectivity index (χ0n) is 16.3. The van der Waals surface area contributed by atoms with Crippen molar-refractivity contribution in [2.45, 2.75) is 37.5 Å². The van der Waals surface area contributed by atoms with E-state index in [-0.39, 0.29) is 17.5 Å². The fourth-order valence-corrected chi connectivity index (χ4v) is 3.96. The highest BCUT2D eigenvalue weighted by Gasteiger charge is 2.29. The minimum atomic E-state index is -3.86. The van der Waals surface area contributed by atoms with Crippen LogP contribution in [0.4, 0.5) is 8.78 Å². The van der Waals surface area contributed by atoms with Crippen molar-refractivity contribution in [1.82, 2.24) is 5.32 Å². The Labute approximate surface area is 168 Å². The molecular formula is C20H23F2NO5S. The van der Waals surface area contributed by atoms with Gasteiger partial charge in [-0.1, -0.05) is 36.4 Å². The highest BCUT2D eigenvalue weighted by Crippen LogP contribution is 2.30. The van der Waals surface area contributed by atoms with Gasteiger partial charge in [0.15, 0.2) is 21.3 Å². The number of carbonyl (C=O) groups is 1. The topological polar surface area (TPSA) is 81.7 Å². The van der Waals surface area contributed by atoms with Crippen LogP contribution in [0, 0.1) is 0 Å². The largest absolute Gasteiger partial charge is 0.493 e. The maximum atomic E-state index is 12.7. The van der Waals surface area contributed by atoms with Crippen molar-refractivity contribution in [2.75, 3.05) is 7.11 Å². The molecule has 1 N–H and O–H groups in total. The van der Waals surface area contributed by atoms with Gasteiger partial charge in [0, 0.05) is 0 Å². The van der Waals surface area contributed by atoms with Gasteiger partial charge in [-0.15, -0.1) is 0 Å². The zero-order chi connectivity index (χ0) is 21.6. The average Bonchev–Trinajstić information content (AvgIpc) is 2.68. The predicted molar refractivity (Wildman–Crippen MR) is 105 cm³/mol. The molecule has 1 amide bonds. The summed E-state index contributed by atoms with van der Waals surface area (Å²) in [5, 5.41) is 1.40. The average molecular weight is 427 g/mol. The Morgan fingerprint density at radius 3 is 2.31 bits per heavy atom. The van der Waals surface area contributed by atoms with Crippen LogP contribution in [-0.4, -0.2) is 33.3 Å². The van der Waals surface area contributed by atoms with Gasteiger partial charge in [0.1, 0.15) is 5.25 Å². The number of carbonyl (C=O) groups excluding carboxylic acids is 1. The predicted octanol–water partition coefficient (Wildman–Crippen LogP) is 3.48. The molecule has 0 aliphatic heterocycles. The van der Waals surface area contributed by atoms with Gasteiger partial charge < -0.3 is 14.8 Å². The standard InChI is InChI=1S/C20H23F2NO5S/c1-13(16-7-5-4-6-8-16)23-19(24)14(2)29(25,26)12-15-9-10-17(28-20(21)22)18(11-15)27-3/h4-11,13-14,20H,12H2,1-3H3,(H,23,24)/t13-,14+/m1/s1. The van der Waals surface area contributed by atoms with E-state index >= 15 is 0 Å². The lowest BCUT2D eigenvalue weighted by Gasteiger charge is -2.18. The Morgan fingerprint density at radius 2 is 1.72 bits per heavy atom. The first-order valence-corrected chi connectivity index (χ1v) is 10.5. The molecule has 6 nitrogen and oxygen atoms in total. The van der Waals surface area contributed by atoms with Crippen LogP contribution in [-0.2, 0) is 20.4 Å². The summed E-state index contributed by atoms with van der Waals surface area (Å²) in [5.41, 5.74) is 1.14. The molecule has 0 bridgehead atoms. The molecule has 0 fully saturated rings. The normalized spacial score (nSPS) is 13.6. The van der Waals surface area contributed by atoms with Gasteiger partial charge in [-0.25, -0.2) is 8.42 Å². The monoisotopic (exact) mass is 427 g/mol. The minimum Gasteiger partial charge on any atom is -0.493 e. The summed E-state index contributed by atoms with van der Waals surface area (Å²) in [5.74, 6) is -1.29. The number of ether oxygens (including phenoxy) is 2. The minimum absolute atomic E-state index is 0.0206. The molecule has 2 rings (SSSR count). The van der Waals surface area contributed by atoms with E-state index in [1.807, 2.05) is 30.3 Å². The number of halogens is 2. The Balaban J connectivity index is 2.10. The van der Waals surface area contributed by atoms with Crippen molar-refractivity contribution >= 4 is 15.7 Å². The van der Waals surface area contributed by atoms with E-state index in [9.17, 15) is 22.0 Å². The van der Waals surface area contributed by atoms with E-state index in [2.05, 4.69) is 10.1 Å². The van der Waals surface area contributed by atoms with Crippen molar-refractivity contribution in [3.05, 3.63) is 59.7 Å². The summed E-state index contributed by atoms with van der Waals surface area (Å²) < 4.78 is 59.5. The lowest BCUT2D eigenvalue weighted by Crippen LogP contribution is -2.39. The second kappa shape index (κ2) is 9.69. The molecule has 9 heteroatoms. The number of hydrogen-bond acceptors (Lipinski definition) is 5. The molecule has 0 aliphatic carbocycles. The molecule has 158 valence electrons. The van der Waals surface area contributed by atoms with Crippen LogP contribution >= 0.6 is 0 Å². The van der Waals surface area contributed by atoms with Crippen molar-refractivity contribution in [3.63, 3.8) is 0 Å². The maximum absolute atomic E-state index is 12.7. The number of benzene rings is 2. The molecule has 0 saturated carbocycles. The van der Waals surface area contributed by atoms with Crippen LogP contribution in [0.15, 0.2) is 48.5 Å². The van der Waals surface area contributed by atoms with Crippen molar-refractivity contribution in [2.24, 2.45) is 0 Å². The van der Waals surface area contributed by atoms with Crippen molar-refractivity contribution in [1.29, 1.82) is 0 Å². The number of sulfone groups is 1. The number of methoxy groups -OCH3 is 1. The van der Waals surface area contributed by atoms with Crippen LogP contribution in [0.2, 0.25) is 0 Å². The number of alkyl halides is 2. The molecule has 0 saturated heterocycles. The molecular weight excluding hydrogens is 404 g/mol. The van der Waals surface area contributed by atoms with Crippen LogP contribution in [0.1, 0.15) is 31.0 Å². The SMILES string of the molecule is COc1cc(CS(=O)(=O)[C@@H](C)C(=O)N[C@H](C)c2ccccc2)ccc1OC(F)F. The number of hydrogen-bond donors (Lipinski definition) is 1. The van der Waals surface area contributed by atoms with Gasteiger partial charge in [-0.3, -0.25) is 4.79 Å². The summed E-state index contributed by atoms with van der Waals surface area (Å²) in [6.07, 6.45) is 0. The lowest BCUT2D eigenvalue weighted by atomic mass is 10.1. The second-order valence-corrected chi connectivity index (χ2v) is 8.78. The van der Waals surface area contributed by atoms with Gasteiger partial charge in [-0.2, -0.15) is 8.78 Å². The third-order valence-corrected chi connectivity index (χ3v) is 6.41. The van der Waals surface area contributed by atoms with E-state index in [0.29, 0.717) is 5.56 Å². The lowest BCUT2D eigenvalue weighted by molar-refractivity contribution is -0.121. The van der Waals surface area contributed by atoms with Gasteiger partial charge in [-0.05, 0) is 37.1 Å². The van der Waals surface area contributed by atoms with Crippen molar-refractivity contribution < 1.29 is 31.5 Å². The quantitative estimate of drug-likeness (QED) is 0.663. The Morgan fingerprint density at radius 1 is 1.07 bits per heavy atom. The molecule has 2 atom stereocenters. The summed E-state index contributed by atoms with van der Waals surface area (Å²) in [6, 6.07) is 12.7. The fraction of sp³-hybridized carbons (Fsp3) is 0.350. The summed E-state index contributed by atoms with van der Waals surface area (Å²) in [6.45, 7) is 0.0429. The zero-order valence-corrected chi connectivity index (χ0v) is 17.1. The van der Waals surface area contributed by atoms with Crippen molar-refractivity contribution in [3.8, 4) is 11.5 Å². The maximum Gasteiger partial charge on any atom is 0.387 e. The number of nitrogens with one attached hydrogen (secondary N) is 1. The van der Waals surface area contributed by atoms with E-state index in [0.717, 1.165) is 5.56 Å². The highest BCUT2D eigenvalue weighted by molar-refractivity contribution is 7.92. The smallest absolute Gasteiger partial charge is 0.387 e. The van der Waals surface area contributed by atoms with Crippen LogP contribution in [0.25, 0.3) is 0 Å².